The Kier molecular flexibility index (Phi) is 7.37. The number of rotatable bonds is 5. The van der Waals surface area contributed by atoms with Crippen LogP contribution in [0.3, 0.4) is 0 Å². The Labute approximate surface area is 140 Å². The molecule has 1 heterocycles. The van der Waals surface area contributed by atoms with E-state index in [4.69, 9.17) is 0 Å². The van der Waals surface area contributed by atoms with Gasteiger partial charge in [0.25, 0.3) is 0 Å². The number of hydrogen-bond acceptors (Lipinski definition) is 2. The molecule has 124 valence electrons. The van der Waals surface area contributed by atoms with Crippen LogP contribution in [0.1, 0.15) is 52.0 Å². The van der Waals surface area contributed by atoms with Crippen molar-refractivity contribution in [3.05, 3.63) is 35.9 Å². The molecule has 0 aliphatic carbocycles. The molecular formula is C18H29ClN2O. The van der Waals surface area contributed by atoms with Gasteiger partial charge in [-0.3, -0.25) is 4.79 Å². The fraction of sp³-hybridized carbons (Fsp3) is 0.611. The molecular weight excluding hydrogens is 296 g/mol. The molecule has 0 bridgehead atoms. The maximum absolute atomic E-state index is 13.0. The predicted octanol–water partition coefficient (Wildman–Crippen LogP) is 3.42. The highest BCUT2D eigenvalue weighted by molar-refractivity contribution is 5.88. The molecule has 4 heteroatoms. The van der Waals surface area contributed by atoms with Crippen LogP contribution in [0.5, 0.6) is 0 Å². The molecule has 2 unspecified atom stereocenters. The number of hydrogen-bond donors (Lipinski definition) is 2. The first-order valence-corrected chi connectivity index (χ1v) is 8.22. The molecule has 1 fully saturated rings. The van der Waals surface area contributed by atoms with Crippen molar-refractivity contribution in [3.8, 4) is 0 Å². The van der Waals surface area contributed by atoms with Crippen molar-refractivity contribution in [1.82, 2.24) is 10.6 Å². The summed E-state index contributed by atoms with van der Waals surface area (Å²) in [5, 5.41) is 6.74. The highest BCUT2D eigenvalue weighted by Crippen LogP contribution is 2.32. The molecule has 2 N–H and O–H groups in total. The third-order valence-corrected chi connectivity index (χ3v) is 4.93. The van der Waals surface area contributed by atoms with Crippen molar-refractivity contribution in [2.24, 2.45) is 0 Å². The lowest BCUT2D eigenvalue weighted by Gasteiger charge is -2.35. The van der Waals surface area contributed by atoms with E-state index in [9.17, 15) is 4.79 Å². The van der Waals surface area contributed by atoms with E-state index in [1.807, 2.05) is 18.2 Å². The maximum atomic E-state index is 13.0. The summed E-state index contributed by atoms with van der Waals surface area (Å²) in [5.74, 6) is 0.192. The number of piperidine rings is 1. The zero-order chi connectivity index (χ0) is 15.3. The first kappa shape index (κ1) is 19.0. The monoisotopic (exact) mass is 324 g/mol. The molecule has 0 saturated carbocycles. The fourth-order valence-electron chi connectivity index (χ4n) is 3.45. The molecule has 0 spiro atoms. The van der Waals surface area contributed by atoms with Crippen LogP contribution in [-0.2, 0) is 10.2 Å². The van der Waals surface area contributed by atoms with Crippen LogP contribution in [0.2, 0.25) is 0 Å². The maximum Gasteiger partial charge on any atom is 0.230 e. The summed E-state index contributed by atoms with van der Waals surface area (Å²) in [6.45, 7) is 7.40. The molecule has 1 aliphatic heterocycles. The molecule has 3 nitrogen and oxygen atoms in total. The van der Waals surface area contributed by atoms with Crippen LogP contribution in [0, 0.1) is 0 Å². The van der Waals surface area contributed by atoms with Crippen molar-refractivity contribution in [1.29, 1.82) is 0 Å². The summed E-state index contributed by atoms with van der Waals surface area (Å²) in [6.07, 6.45) is 3.71. The molecule has 1 aromatic carbocycles. The molecule has 1 aliphatic rings. The van der Waals surface area contributed by atoms with Gasteiger partial charge in [-0.2, -0.15) is 0 Å². The van der Waals surface area contributed by atoms with Gasteiger partial charge in [0, 0.05) is 12.1 Å². The third kappa shape index (κ3) is 4.02. The van der Waals surface area contributed by atoms with Crippen LogP contribution >= 0.6 is 12.4 Å². The van der Waals surface area contributed by atoms with Crippen molar-refractivity contribution in [2.45, 2.75) is 64.0 Å². The lowest BCUT2D eigenvalue weighted by molar-refractivity contribution is -0.128. The van der Waals surface area contributed by atoms with E-state index in [0.29, 0.717) is 12.1 Å². The number of carbonyl (C=O) groups excluding carboxylic acids is 1. The first-order valence-electron chi connectivity index (χ1n) is 8.22. The molecule has 0 radical (unpaired) electrons. The summed E-state index contributed by atoms with van der Waals surface area (Å²) in [5.41, 5.74) is 0.740. The summed E-state index contributed by atoms with van der Waals surface area (Å²) in [4.78, 5) is 13.0. The predicted molar refractivity (Wildman–Crippen MR) is 94.6 cm³/mol. The minimum atomic E-state index is -0.393. The Bertz CT molecular complexity index is 459. The molecule has 22 heavy (non-hydrogen) atoms. The van der Waals surface area contributed by atoms with Crippen molar-refractivity contribution in [3.63, 3.8) is 0 Å². The minimum Gasteiger partial charge on any atom is -0.352 e. The van der Waals surface area contributed by atoms with E-state index in [1.165, 1.54) is 0 Å². The average molecular weight is 325 g/mol. The number of amides is 1. The van der Waals surface area contributed by atoms with Gasteiger partial charge in [-0.1, -0.05) is 44.2 Å². The Morgan fingerprint density at radius 2 is 1.91 bits per heavy atom. The normalized spacial score (nSPS) is 21.8. The number of halogens is 1. The van der Waals surface area contributed by atoms with Crippen LogP contribution in [0.25, 0.3) is 0 Å². The van der Waals surface area contributed by atoms with Crippen molar-refractivity contribution in [2.75, 3.05) is 6.54 Å². The van der Waals surface area contributed by atoms with E-state index in [0.717, 1.165) is 37.8 Å². The Morgan fingerprint density at radius 3 is 2.45 bits per heavy atom. The Hall–Kier alpha value is -1.06. The lowest BCUT2D eigenvalue weighted by Crippen LogP contribution is -2.52. The largest absolute Gasteiger partial charge is 0.352 e. The number of nitrogens with one attached hydrogen (secondary N) is 2. The SMILES string of the molecule is CCC(CC)(C(=O)NC1CCNC(C)C1)c1ccccc1.Cl. The highest BCUT2D eigenvalue weighted by atomic mass is 35.5. The van der Waals surface area contributed by atoms with Gasteiger partial charge in [0.2, 0.25) is 5.91 Å². The van der Waals surface area contributed by atoms with Crippen LogP contribution < -0.4 is 10.6 Å². The van der Waals surface area contributed by atoms with Crippen LogP contribution in [0.15, 0.2) is 30.3 Å². The molecule has 1 amide bonds. The summed E-state index contributed by atoms with van der Waals surface area (Å²) >= 11 is 0. The molecule has 2 atom stereocenters. The lowest BCUT2D eigenvalue weighted by atomic mass is 9.74. The molecule has 0 aromatic heterocycles. The first-order chi connectivity index (χ1) is 10.1. The summed E-state index contributed by atoms with van der Waals surface area (Å²) in [7, 11) is 0. The van der Waals surface area contributed by atoms with Gasteiger partial charge in [-0.25, -0.2) is 0 Å². The van der Waals surface area contributed by atoms with E-state index in [2.05, 4.69) is 43.5 Å². The number of benzene rings is 1. The second-order valence-corrected chi connectivity index (χ2v) is 6.21. The zero-order valence-corrected chi connectivity index (χ0v) is 14.7. The van der Waals surface area contributed by atoms with E-state index in [1.54, 1.807) is 0 Å². The average Bonchev–Trinajstić information content (AvgIpc) is 2.50. The van der Waals surface area contributed by atoms with Gasteiger partial charge in [-0.05, 0) is 44.7 Å². The summed E-state index contributed by atoms with van der Waals surface area (Å²) < 4.78 is 0. The fourth-order valence-corrected chi connectivity index (χ4v) is 3.45. The van der Waals surface area contributed by atoms with Gasteiger partial charge in [-0.15, -0.1) is 12.4 Å². The van der Waals surface area contributed by atoms with Crippen LogP contribution in [0.4, 0.5) is 0 Å². The van der Waals surface area contributed by atoms with Gasteiger partial charge in [0.05, 0.1) is 5.41 Å². The van der Waals surface area contributed by atoms with Gasteiger partial charge in [0.15, 0.2) is 0 Å². The van der Waals surface area contributed by atoms with Crippen LogP contribution in [-0.4, -0.2) is 24.5 Å². The minimum absolute atomic E-state index is 0. The van der Waals surface area contributed by atoms with E-state index >= 15 is 0 Å². The smallest absolute Gasteiger partial charge is 0.230 e. The van der Waals surface area contributed by atoms with Crippen molar-refractivity contribution < 1.29 is 4.79 Å². The van der Waals surface area contributed by atoms with E-state index in [-0.39, 0.29) is 18.3 Å². The third-order valence-electron chi connectivity index (χ3n) is 4.93. The zero-order valence-electron chi connectivity index (χ0n) is 13.9. The standard InChI is InChI=1S/C18H28N2O.ClH/c1-4-18(5-2,15-9-7-6-8-10-15)17(21)20-16-11-12-19-14(3)13-16;/h6-10,14,16,19H,4-5,11-13H2,1-3H3,(H,20,21);1H. The van der Waals surface area contributed by atoms with Crippen molar-refractivity contribution >= 4 is 18.3 Å². The Balaban J connectivity index is 0.00000242. The summed E-state index contributed by atoms with van der Waals surface area (Å²) in [6, 6.07) is 11.0. The quantitative estimate of drug-likeness (QED) is 0.871. The molecule has 1 saturated heterocycles. The highest BCUT2D eigenvalue weighted by Gasteiger charge is 2.37. The van der Waals surface area contributed by atoms with Gasteiger partial charge >= 0.3 is 0 Å². The topological polar surface area (TPSA) is 41.1 Å². The number of carbonyl (C=O) groups is 1. The Morgan fingerprint density at radius 1 is 1.27 bits per heavy atom. The molecule has 1 aromatic rings. The second kappa shape index (κ2) is 8.54. The second-order valence-electron chi connectivity index (χ2n) is 6.21. The van der Waals surface area contributed by atoms with Gasteiger partial charge in [0.1, 0.15) is 0 Å². The molecule has 2 rings (SSSR count). The van der Waals surface area contributed by atoms with E-state index < -0.39 is 5.41 Å². The van der Waals surface area contributed by atoms with Gasteiger partial charge < -0.3 is 10.6 Å².